The molecule has 2 aromatic heterocycles. The van der Waals surface area contributed by atoms with Crippen LogP contribution >= 0.6 is 0 Å². The predicted octanol–water partition coefficient (Wildman–Crippen LogP) is 12.6. The third-order valence-electron chi connectivity index (χ3n) is 11.6. The fraction of sp³-hybridized carbons (Fsp3) is 0.0200. The molecular weight excluding hydrogens is 645 g/mol. The minimum Gasteiger partial charge on any atom is -0.455 e. The van der Waals surface area contributed by atoms with Crippen molar-refractivity contribution in [1.82, 2.24) is 9.55 Å². The Bertz CT molecular complexity index is 3110. The Hall–Kier alpha value is -6.97. The summed E-state index contributed by atoms with van der Waals surface area (Å²) < 4.78 is 9.00. The molecule has 3 nitrogen and oxygen atoms in total. The molecule has 1 atom stereocenters. The Balaban J connectivity index is 1.08. The first-order chi connectivity index (χ1) is 26.3. The lowest BCUT2D eigenvalue weighted by Gasteiger charge is -2.30. The third kappa shape index (κ3) is 3.70. The molecule has 0 fully saturated rings. The van der Waals surface area contributed by atoms with Crippen LogP contribution in [0, 0.1) is 0 Å². The molecule has 0 saturated heterocycles. The lowest BCUT2D eigenvalue weighted by atomic mass is 9.70. The average Bonchev–Trinajstić information content (AvgIpc) is 3.96. The van der Waals surface area contributed by atoms with Crippen molar-refractivity contribution in [1.29, 1.82) is 0 Å². The smallest absolute Gasteiger partial charge is 0.145 e. The van der Waals surface area contributed by atoms with Gasteiger partial charge in [-0.1, -0.05) is 152 Å². The molecule has 0 bridgehead atoms. The van der Waals surface area contributed by atoms with Crippen LogP contribution in [0.1, 0.15) is 22.3 Å². The highest BCUT2D eigenvalue weighted by atomic mass is 16.3. The van der Waals surface area contributed by atoms with E-state index in [1.54, 1.807) is 0 Å². The maximum Gasteiger partial charge on any atom is 0.145 e. The molecule has 12 rings (SSSR count). The van der Waals surface area contributed by atoms with Crippen LogP contribution < -0.4 is 0 Å². The number of rotatable bonds is 3. The number of para-hydroxylation sites is 3. The van der Waals surface area contributed by atoms with Crippen LogP contribution in [-0.2, 0) is 5.41 Å². The Morgan fingerprint density at radius 2 is 1.08 bits per heavy atom. The first-order valence-electron chi connectivity index (χ1n) is 18.2. The number of hydrogen-bond donors (Lipinski definition) is 0. The summed E-state index contributed by atoms with van der Waals surface area (Å²) in [4.78, 5) is 5.08. The Morgan fingerprint density at radius 1 is 0.434 bits per heavy atom. The van der Waals surface area contributed by atoms with Crippen molar-refractivity contribution in [2.75, 3.05) is 0 Å². The first kappa shape index (κ1) is 28.7. The van der Waals surface area contributed by atoms with E-state index in [1.807, 2.05) is 6.07 Å². The van der Waals surface area contributed by atoms with Crippen LogP contribution in [0.3, 0.4) is 0 Å². The number of benzene rings is 8. The second-order valence-corrected chi connectivity index (χ2v) is 14.2. The quantitative estimate of drug-likeness (QED) is 0.187. The van der Waals surface area contributed by atoms with Crippen molar-refractivity contribution in [3.63, 3.8) is 0 Å². The SMILES string of the molecule is c1ccc(-c2nc3ccccc3n2-c2ccc(-c3cccc4c3-c3ccccc3C43c4ccccc4-c4c3ccc3c4oc4ccccc43)cc2)cc1. The van der Waals surface area contributed by atoms with Crippen LogP contribution in [0.5, 0.6) is 0 Å². The van der Waals surface area contributed by atoms with Gasteiger partial charge in [0.05, 0.1) is 16.4 Å². The molecule has 2 heterocycles. The molecule has 2 aliphatic carbocycles. The minimum absolute atomic E-state index is 0.471. The molecule has 0 amide bonds. The predicted molar refractivity (Wildman–Crippen MR) is 216 cm³/mol. The summed E-state index contributed by atoms with van der Waals surface area (Å²) in [5.41, 5.74) is 18.3. The summed E-state index contributed by atoms with van der Waals surface area (Å²) in [7, 11) is 0. The second kappa shape index (κ2) is 10.5. The highest BCUT2D eigenvalue weighted by Crippen LogP contribution is 2.65. The molecule has 8 aromatic carbocycles. The Morgan fingerprint density at radius 3 is 1.91 bits per heavy atom. The highest BCUT2D eigenvalue weighted by Gasteiger charge is 2.53. The van der Waals surface area contributed by atoms with Crippen molar-refractivity contribution in [3.05, 3.63) is 204 Å². The molecule has 1 spiro atoms. The molecule has 0 aliphatic heterocycles. The van der Waals surface area contributed by atoms with E-state index in [2.05, 4.69) is 180 Å². The lowest BCUT2D eigenvalue weighted by Crippen LogP contribution is -2.25. The van der Waals surface area contributed by atoms with E-state index in [1.165, 1.54) is 55.6 Å². The van der Waals surface area contributed by atoms with Gasteiger partial charge in [-0.25, -0.2) is 4.98 Å². The van der Waals surface area contributed by atoms with Crippen molar-refractivity contribution < 1.29 is 4.42 Å². The Labute approximate surface area is 306 Å². The van der Waals surface area contributed by atoms with Crippen molar-refractivity contribution in [2.45, 2.75) is 5.41 Å². The number of fused-ring (bicyclic) bond motifs is 15. The van der Waals surface area contributed by atoms with Crippen LogP contribution in [0.15, 0.2) is 186 Å². The molecule has 2 aliphatic rings. The summed E-state index contributed by atoms with van der Waals surface area (Å²) in [6.45, 7) is 0. The van der Waals surface area contributed by atoms with Gasteiger partial charge in [-0.2, -0.15) is 0 Å². The fourth-order valence-electron chi connectivity index (χ4n) is 9.55. The summed E-state index contributed by atoms with van der Waals surface area (Å²) in [6.07, 6.45) is 0. The van der Waals surface area contributed by atoms with Crippen LogP contribution in [-0.4, -0.2) is 9.55 Å². The second-order valence-electron chi connectivity index (χ2n) is 14.2. The average molecular weight is 675 g/mol. The van der Waals surface area contributed by atoms with Gasteiger partial charge in [0.15, 0.2) is 0 Å². The maximum atomic E-state index is 6.72. The van der Waals surface area contributed by atoms with Crippen LogP contribution in [0.25, 0.3) is 83.4 Å². The number of hydrogen-bond acceptors (Lipinski definition) is 2. The molecule has 0 N–H and O–H groups in total. The maximum absolute atomic E-state index is 6.72. The number of imidazole rings is 1. The van der Waals surface area contributed by atoms with Gasteiger partial charge in [0.1, 0.15) is 17.0 Å². The lowest BCUT2D eigenvalue weighted by molar-refractivity contribution is 0.669. The van der Waals surface area contributed by atoms with Gasteiger partial charge in [0.2, 0.25) is 0 Å². The van der Waals surface area contributed by atoms with E-state index < -0.39 is 5.41 Å². The van der Waals surface area contributed by atoms with Gasteiger partial charge in [0.25, 0.3) is 0 Å². The third-order valence-corrected chi connectivity index (χ3v) is 11.6. The van der Waals surface area contributed by atoms with Crippen LogP contribution in [0.2, 0.25) is 0 Å². The molecule has 0 radical (unpaired) electrons. The number of furan rings is 1. The summed E-state index contributed by atoms with van der Waals surface area (Å²) in [5, 5.41) is 2.31. The van der Waals surface area contributed by atoms with Gasteiger partial charge in [-0.05, 0) is 80.4 Å². The zero-order chi connectivity index (χ0) is 34.7. The zero-order valence-corrected chi connectivity index (χ0v) is 28.6. The van der Waals surface area contributed by atoms with E-state index in [0.717, 1.165) is 50.0 Å². The fourth-order valence-corrected chi connectivity index (χ4v) is 9.55. The number of aromatic nitrogens is 2. The summed E-state index contributed by atoms with van der Waals surface area (Å²) in [5.74, 6) is 0.938. The molecule has 53 heavy (non-hydrogen) atoms. The van der Waals surface area contributed by atoms with Crippen LogP contribution in [0.4, 0.5) is 0 Å². The van der Waals surface area contributed by atoms with Gasteiger partial charge in [-0.3, -0.25) is 4.57 Å². The highest BCUT2D eigenvalue weighted by molar-refractivity contribution is 6.13. The van der Waals surface area contributed by atoms with E-state index in [9.17, 15) is 0 Å². The molecular formula is C50H30N2O. The normalized spacial score (nSPS) is 15.2. The summed E-state index contributed by atoms with van der Waals surface area (Å²) in [6, 6.07) is 65.8. The topological polar surface area (TPSA) is 31.0 Å². The van der Waals surface area contributed by atoms with Gasteiger partial charge in [-0.15, -0.1) is 0 Å². The van der Waals surface area contributed by atoms with Gasteiger partial charge < -0.3 is 4.42 Å². The van der Waals surface area contributed by atoms with E-state index in [0.29, 0.717) is 0 Å². The summed E-state index contributed by atoms with van der Waals surface area (Å²) >= 11 is 0. The van der Waals surface area contributed by atoms with Gasteiger partial charge in [0, 0.05) is 27.6 Å². The molecule has 10 aromatic rings. The zero-order valence-electron chi connectivity index (χ0n) is 28.6. The minimum atomic E-state index is -0.471. The molecule has 0 saturated carbocycles. The van der Waals surface area contributed by atoms with Crippen molar-refractivity contribution >= 4 is 33.0 Å². The standard InChI is InChI=1S/C50H30N2O/c1-2-13-32(14-3-1)49-51-43-22-9-10-23-44(43)52(49)33-27-25-31(26-28-33)34-18-12-21-41-46(34)37-16-4-7-19-39(37)50(41)40-20-8-5-17-38(40)47-42(50)30-29-36-35-15-6-11-24-45(35)53-48(36)47/h1-30H. The monoisotopic (exact) mass is 674 g/mol. The molecule has 246 valence electrons. The van der Waals surface area contributed by atoms with E-state index in [4.69, 9.17) is 9.40 Å². The van der Waals surface area contributed by atoms with Crippen molar-refractivity contribution in [3.8, 4) is 50.5 Å². The first-order valence-corrected chi connectivity index (χ1v) is 18.2. The van der Waals surface area contributed by atoms with Gasteiger partial charge >= 0.3 is 0 Å². The van der Waals surface area contributed by atoms with E-state index >= 15 is 0 Å². The largest absolute Gasteiger partial charge is 0.455 e. The Kier molecular flexibility index (Phi) is 5.70. The number of nitrogens with zero attached hydrogens (tertiary/aromatic N) is 2. The molecule has 1 unspecified atom stereocenters. The van der Waals surface area contributed by atoms with Crippen molar-refractivity contribution in [2.24, 2.45) is 0 Å². The van der Waals surface area contributed by atoms with E-state index in [-0.39, 0.29) is 0 Å². The molecule has 3 heteroatoms.